The van der Waals surface area contributed by atoms with Gasteiger partial charge in [-0.2, -0.15) is 0 Å². The molecule has 1 fully saturated rings. The molecular formula is C16H17FN2O2. The molecule has 21 heavy (non-hydrogen) atoms. The third-order valence-corrected chi connectivity index (χ3v) is 3.88. The molecule has 0 aliphatic heterocycles. The van der Waals surface area contributed by atoms with Gasteiger partial charge in [-0.15, -0.1) is 0 Å². The fourth-order valence-electron chi connectivity index (χ4n) is 2.80. The Morgan fingerprint density at radius 3 is 2.86 bits per heavy atom. The van der Waals surface area contributed by atoms with E-state index in [-0.39, 0.29) is 17.8 Å². The van der Waals surface area contributed by atoms with E-state index < -0.39 is 0 Å². The van der Waals surface area contributed by atoms with E-state index in [0.29, 0.717) is 22.6 Å². The largest absolute Gasteiger partial charge is 0.360 e. The second-order valence-corrected chi connectivity index (χ2v) is 5.43. The molecule has 1 N–H and O–H groups in total. The Bertz CT molecular complexity index is 660. The van der Waals surface area contributed by atoms with Gasteiger partial charge in [-0.05, 0) is 31.9 Å². The van der Waals surface area contributed by atoms with Crippen LogP contribution in [-0.4, -0.2) is 17.1 Å². The van der Waals surface area contributed by atoms with Crippen molar-refractivity contribution in [2.75, 3.05) is 0 Å². The Morgan fingerprint density at radius 1 is 1.38 bits per heavy atom. The minimum atomic E-state index is -0.365. The van der Waals surface area contributed by atoms with Gasteiger partial charge in [-0.25, -0.2) is 4.39 Å². The summed E-state index contributed by atoms with van der Waals surface area (Å²) in [6.45, 7) is 1.69. The van der Waals surface area contributed by atoms with Crippen molar-refractivity contribution in [3.05, 3.63) is 41.4 Å². The number of hydrogen-bond acceptors (Lipinski definition) is 3. The highest BCUT2D eigenvalue weighted by Gasteiger charge is 2.25. The molecular weight excluding hydrogens is 271 g/mol. The van der Waals surface area contributed by atoms with Crippen molar-refractivity contribution >= 4 is 5.91 Å². The van der Waals surface area contributed by atoms with Gasteiger partial charge in [0.1, 0.15) is 22.8 Å². The van der Waals surface area contributed by atoms with Gasteiger partial charge in [0.15, 0.2) is 0 Å². The maximum Gasteiger partial charge on any atom is 0.257 e. The first-order valence-electron chi connectivity index (χ1n) is 7.18. The number of aromatic nitrogens is 1. The van der Waals surface area contributed by atoms with Crippen LogP contribution < -0.4 is 5.32 Å². The lowest BCUT2D eigenvalue weighted by molar-refractivity contribution is 0.0937. The summed E-state index contributed by atoms with van der Waals surface area (Å²) < 4.78 is 18.5. The third-order valence-electron chi connectivity index (χ3n) is 3.88. The lowest BCUT2D eigenvalue weighted by Gasteiger charge is -2.11. The molecule has 0 spiro atoms. The summed E-state index contributed by atoms with van der Waals surface area (Å²) in [6.07, 6.45) is 4.30. The van der Waals surface area contributed by atoms with E-state index in [1.807, 2.05) is 0 Å². The number of hydrogen-bond donors (Lipinski definition) is 1. The number of halogens is 1. The summed E-state index contributed by atoms with van der Waals surface area (Å²) in [7, 11) is 0. The predicted octanol–water partition coefficient (Wildman–Crippen LogP) is 3.46. The first-order chi connectivity index (χ1) is 10.1. The summed E-state index contributed by atoms with van der Waals surface area (Å²) in [5.74, 6) is -0.111. The fraction of sp³-hybridized carbons (Fsp3) is 0.375. The van der Waals surface area contributed by atoms with Crippen LogP contribution in [0.5, 0.6) is 0 Å². The molecule has 1 aliphatic rings. The lowest BCUT2D eigenvalue weighted by atomic mass is 10.0. The zero-order valence-corrected chi connectivity index (χ0v) is 11.9. The van der Waals surface area contributed by atoms with Crippen LogP contribution in [0.2, 0.25) is 0 Å². The van der Waals surface area contributed by atoms with Crippen LogP contribution in [0.4, 0.5) is 4.39 Å². The minimum absolute atomic E-state index is 0.195. The average molecular weight is 288 g/mol. The van der Waals surface area contributed by atoms with Crippen molar-refractivity contribution in [1.29, 1.82) is 0 Å². The van der Waals surface area contributed by atoms with Gasteiger partial charge >= 0.3 is 0 Å². The van der Waals surface area contributed by atoms with Crippen molar-refractivity contribution in [1.82, 2.24) is 10.5 Å². The van der Waals surface area contributed by atoms with Crippen molar-refractivity contribution in [3.8, 4) is 11.3 Å². The van der Waals surface area contributed by atoms with E-state index in [1.54, 1.807) is 19.1 Å². The van der Waals surface area contributed by atoms with Crippen LogP contribution in [0.3, 0.4) is 0 Å². The van der Waals surface area contributed by atoms with Gasteiger partial charge in [0.2, 0.25) is 0 Å². The highest BCUT2D eigenvalue weighted by Crippen LogP contribution is 2.26. The molecule has 1 heterocycles. The van der Waals surface area contributed by atoms with E-state index in [1.165, 1.54) is 12.1 Å². The zero-order valence-electron chi connectivity index (χ0n) is 11.9. The van der Waals surface area contributed by atoms with Gasteiger partial charge in [0, 0.05) is 11.6 Å². The molecule has 0 saturated heterocycles. The number of amides is 1. The molecule has 110 valence electrons. The molecule has 0 bridgehead atoms. The Labute approximate surface area is 122 Å². The molecule has 0 atom stereocenters. The Hall–Kier alpha value is -2.17. The molecule has 1 saturated carbocycles. The average Bonchev–Trinajstić information content (AvgIpc) is 3.08. The summed E-state index contributed by atoms with van der Waals surface area (Å²) in [5, 5.41) is 6.93. The quantitative estimate of drug-likeness (QED) is 0.941. The van der Waals surface area contributed by atoms with E-state index >= 15 is 0 Å². The summed E-state index contributed by atoms with van der Waals surface area (Å²) in [6, 6.07) is 6.23. The second kappa shape index (κ2) is 5.68. The first-order valence-corrected chi connectivity index (χ1v) is 7.18. The molecule has 3 rings (SSSR count). The lowest BCUT2D eigenvalue weighted by Crippen LogP contribution is -2.33. The van der Waals surface area contributed by atoms with Crippen LogP contribution in [0, 0.1) is 12.7 Å². The van der Waals surface area contributed by atoms with Gasteiger partial charge in [0.25, 0.3) is 5.91 Å². The first kappa shape index (κ1) is 13.8. The van der Waals surface area contributed by atoms with Crippen LogP contribution in [0.15, 0.2) is 28.8 Å². The predicted molar refractivity (Wildman–Crippen MR) is 76.4 cm³/mol. The topological polar surface area (TPSA) is 55.1 Å². The van der Waals surface area contributed by atoms with Crippen LogP contribution in [-0.2, 0) is 0 Å². The number of aryl methyl sites for hydroxylation is 1. The molecule has 2 aromatic rings. The molecule has 4 nitrogen and oxygen atoms in total. The Kier molecular flexibility index (Phi) is 3.73. The highest BCUT2D eigenvalue weighted by molar-refractivity contribution is 6.00. The molecule has 0 radical (unpaired) electrons. The van der Waals surface area contributed by atoms with Crippen molar-refractivity contribution in [2.45, 2.75) is 38.6 Å². The molecule has 1 aromatic carbocycles. The van der Waals surface area contributed by atoms with Crippen LogP contribution >= 0.6 is 0 Å². The highest BCUT2D eigenvalue weighted by atomic mass is 19.1. The van der Waals surface area contributed by atoms with Crippen LogP contribution in [0.1, 0.15) is 41.8 Å². The standard InChI is InChI=1S/C16H17FN2O2/c1-10-14(16(20)18-13-7-2-3-8-13)15(19-21-10)11-5-4-6-12(17)9-11/h4-6,9,13H,2-3,7-8H2,1H3,(H,18,20). The van der Waals surface area contributed by atoms with Crippen molar-refractivity contribution in [3.63, 3.8) is 0 Å². The van der Waals surface area contributed by atoms with Gasteiger partial charge < -0.3 is 9.84 Å². The number of carbonyl (C=O) groups excluding carboxylic acids is 1. The summed E-state index contributed by atoms with van der Waals surface area (Å²) >= 11 is 0. The van der Waals surface area contributed by atoms with E-state index in [4.69, 9.17) is 4.52 Å². The summed E-state index contributed by atoms with van der Waals surface area (Å²) in [5.41, 5.74) is 1.33. The molecule has 1 aliphatic carbocycles. The summed E-state index contributed by atoms with van der Waals surface area (Å²) in [4.78, 5) is 12.5. The zero-order chi connectivity index (χ0) is 14.8. The van der Waals surface area contributed by atoms with E-state index in [0.717, 1.165) is 25.7 Å². The fourth-order valence-corrected chi connectivity index (χ4v) is 2.80. The van der Waals surface area contributed by atoms with Crippen LogP contribution in [0.25, 0.3) is 11.3 Å². The molecule has 1 aromatic heterocycles. The number of rotatable bonds is 3. The molecule has 5 heteroatoms. The maximum absolute atomic E-state index is 13.4. The Morgan fingerprint density at radius 2 is 2.14 bits per heavy atom. The molecule has 1 amide bonds. The van der Waals surface area contributed by atoms with Crippen molar-refractivity contribution in [2.24, 2.45) is 0 Å². The normalized spacial score (nSPS) is 15.3. The number of nitrogens with one attached hydrogen (secondary N) is 1. The van der Waals surface area contributed by atoms with Crippen molar-refractivity contribution < 1.29 is 13.7 Å². The monoisotopic (exact) mass is 288 g/mol. The smallest absolute Gasteiger partial charge is 0.257 e. The maximum atomic E-state index is 13.4. The molecule has 0 unspecified atom stereocenters. The van der Waals surface area contributed by atoms with Gasteiger partial charge in [0.05, 0.1) is 0 Å². The second-order valence-electron chi connectivity index (χ2n) is 5.43. The SMILES string of the molecule is Cc1onc(-c2cccc(F)c2)c1C(=O)NC1CCCC1. The van der Waals surface area contributed by atoms with Gasteiger partial charge in [-0.3, -0.25) is 4.79 Å². The minimum Gasteiger partial charge on any atom is -0.360 e. The van der Waals surface area contributed by atoms with E-state index in [2.05, 4.69) is 10.5 Å². The number of nitrogens with zero attached hydrogens (tertiary/aromatic N) is 1. The third kappa shape index (κ3) is 2.82. The number of carbonyl (C=O) groups is 1. The Balaban J connectivity index is 1.91. The van der Waals surface area contributed by atoms with E-state index in [9.17, 15) is 9.18 Å². The number of benzene rings is 1. The van der Waals surface area contributed by atoms with Gasteiger partial charge in [-0.1, -0.05) is 30.1 Å².